The number of fused-ring (bicyclic) bond motifs is 2. The lowest BCUT2D eigenvalue weighted by Gasteiger charge is -2.13. The molecule has 2 heterocycles. The number of hydrogen-bond donors (Lipinski definition) is 0. The van der Waals surface area contributed by atoms with Crippen LogP contribution in [-0.2, 0) is 13.1 Å². The molecule has 1 aromatic carbocycles. The van der Waals surface area contributed by atoms with Crippen molar-refractivity contribution in [3.05, 3.63) is 77.3 Å². The van der Waals surface area contributed by atoms with Crippen molar-refractivity contribution in [3.8, 4) is 0 Å². The van der Waals surface area contributed by atoms with Gasteiger partial charge >= 0.3 is 0 Å². The lowest BCUT2D eigenvalue weighted by molar-refractivity contribution is -0.684. The summed E-state index contributed by atoms with van der Waals surface area (Å²) in [6.45, 7) is 4.58. The number of carbonyl (C=O) groups is 3. The number of aromatic nitrogens is 2. The Balaban J connectivity index is 0.00000225. The summed E-state index contributed by atoms with van der Waals surface area (Å²) in [7, 11) is 0. The van der Waals surface area contributed by atoms with Crippen molar-refractivity contribution in [1.29, 1.82) is 0 Å². The maximum Gasteiger partial charge on any atom is 0.245 e. The van der Waals surface area contributed by atoms with Gasteiger partial charge in [0.2, 0.25) is 35.1 Å². The Morgan fingerprint density at radius 1 is 1.07 bits per heavy atom. The van der Waals surface area contributed by atoms with Gasteiger partial charge in [0, 0.05) is 11.1 Å². The lowest BCUT2D eigenvalue weighted by atomic mass is 9.89. The highest BCUT2D eigenvalue weighted by molar-refractivity contribution is 6.26. The van der Waals surface area contributed by atoms with Gasteiger partial charge in [-0.3, -0.25) is 14.4 Å². The highest BCUT2D eigenvalue weighted by Crippen LogP contribution is 2.26. The van der Waals surface area contributed by atoms with Gasteiger partial charge in [0.1, 0.15) is 0 Å². The predicted octanol–water partition coefficient (Wildman–Crippen LogP) is -0.313. The Hall–Kier alpha value is -2.80. The summed E-state index contributed by atoms with van der Waals surface area (Å²) in [5.41, 5.74) is 1.39. The second-order valence-electron chi connectivity index (χ2n) is 7.09. The molecule has 0 aliphatic heterocycles. The number of nitrogens with zero attached hydrogens (tertiary/aromatic N) is 2. The molecule has 3 aromatic rings. The fourth-order valence-electron chi connectivity index (χ4n) is 3.49. The van der Waals surface area contributed by atoms with Crippen LogP contribution < -0.4 is 21.5 Å². The number of imidazole rings is 1. The third-order valence-electron chi connectivity index (χ3n) is 4.60. The van der Waals surface area contributed by atoms with Crippen LogP contribution in [0.3, 0.4) is 0 Å². The molecule has 28 heavy (non-hydrogen) atoms. The van der Waals surface area contributed by atoms with Crippen LogP contribution in [0.5, 0.6) is 0 Å². The maximum atomic E-state index is 13.1. The Bertz CT molecular complexity index is 1060. The standard InChI is InChI=1S/C21H19N2O4.BrH/c1-13(2)10-22-12-23(11-16(24)17-8-5-9-27-17)19-18(22)20(25)14-6-3-4-7-15(14)21(19)26;/h3-9,12-13H,10-11H2,1-2H3;1H/q+1;/p-1. The maximum absolute atomic E-state index is 13.1. The van der Waals surface area contributed by atoms with Crippen molar-refractivity contribution in [1.82, 2.24) is 4.57 Å². The summed E-state index contributed by atoms with van der Waals surface area (Å²) in [6.07, 6.45) is 3.12. The van der Waals surface area contributed by atoms with Gasteiger partial charge in [0.25, 0.3) is 0 Å². The first-order chi connectivity index (χ1) is 13.0. The number of carbonyl (C=O) groups excluding carboxylic acids is 3. The molecule has 7 heteroatoms. The zero-order chi connectivity index (χ0) is 19.1. The average Bonchev–Trinajstić information content (AvgIpc) is 3.28. The van der Waals surface area contributed by atoms with Crippen molar-refractivity contribution >= 4 is 17.3 Å². The van der Waals surface area contributed by atoms with Crippen LogP contribution >= 0.6 is 0 Å². The lowest BCUT2D eigenvalue weighted by Crippen LogP contribution is -3.00. The molecule has 0 fully saturated rings. The van der Waals surface area contributed by atoms with E-state index < -0.39 is 0 Å². The minimum Gasteiger partial charge on any atom is -1.00 e. The number of benzene rings is 1. The number of Topliss-reactive ketones (excluding diaryl/α,β-unsaturated/α-hetero) is 1. The molecule has 0 saturated carbocycles. The molecule has 4 rings (SSSR count). The minimum absolute atomic E-state index is 0. The van der Waals surface area contributed by atoms with E-state index in [1.54, 1.807) is 51.9 Å². The highest BCUT2D eigenvalue weighted by Gasteiger charge is 2.41. The zero-order valence-electron chi connectivity index (χ0n) is 15.5. The van der Waals surface area contributed by atoms with Crippen molar-refractivity contribution in [2.24, 2.45) is 5.92 Å². The van der Waals surface area contributed by atoms with E-state index in [2.05, 4.69) is 0 Å². The van der Waals surface area contributed by atoms with Crippen molar-refractivity contribution < 1.29 is 40.3 Å². The first kappa shape index (κ1) is 19.9. The Morgan fingerprint density at radius 2 is 1.75 bits per heavy atom. The number of furan rings is 1. The van der Waals surface area contributed by atoms with Gasteiger partial charge in [-0.2, -0.15) is 0 Å². The van der Waals surface area contributed by atoms with Gasteiger partial charge in [0.05, 0.1) is 12.8 Å². The third kappa shape index (κ3) is 3.26. The number of rotatable bonds is 5. The molecule has 0 bridgehead atoms. The van der Waals surface area contributed by atoms with Crippen molar-refractivity contribution in [2.45, 2.75) is 26.9 Å². The van der Waals surface area contributed by atoms with E-state index in [0.717, 1.165) is 0 Å². The fraction of sp³-hybridized carbons (Fsp3) is 0.238. The Morgan fingerprint density at radius 3 is 2.36 bits per heavy atom. The molecule has 2 aromatic heterocycles. The topological polar surface area (TPSA) is 73.2 Å². The molecule has 1 aliphatic rings. The third-order valence-corrected chi connectivity index (χ3v) is 4.60. The Labute approximate surface area is 172 Å². The summed E-state index contributed by atoms with van der Waals surface area (Å²) in [4.78, 5) is 38.7. The molecule has 0 N–H and O–H groups in total. The summed E-state index contributed by atoms with van der Waals surface area (Å²) >= 11 is 0. The number of halogens is 1. The average molecular weight is 443 g/mol. The molecule has 144 valence electrons. The molecular formula is C21H19BrN2O4. The van der Waals surface area contributed by atoms with Crippen LogP contribution in [0.15, 0.2) is 53.4 Å². The van der Waals surface area contributed by atoms with E-state index in [1.165, 1.54) is 6.26 Å². The minimum atomic E-state index is -0.256. The highest BCUT2D eigenvalue weighted by atomic mass is 79.9. The molecule has 0 atom stereocenters. The molecule has 6 nitrogen and oxygen atoms in total. The summed E-state index contributed by atoms with van der Waals surface area (Å²) in [5, 5.41) is 0. The largest absolute Gasteiger partial charge is 1.00 e. The molecule has 0 spiro atoms. The monoisotopic (exact) mass is 442 g/mol. The van der Waals surface area contributed by atoms with Crippen LogP contribution in [0, 0.1) is 5.92 Å². The molecule has 0 amide bonds. The van der Waals surface area contributed by atoms with E-state index >= 15 is 0 Å². The van der Waals surface area contributed by atoms with E-state index in [9.17, 15) is 14.4 Å². The van der Waals surface area contributed by atoms with E-state index in [4.69, 9.17) is 4.42 Å². The first-order valence-corrected chi connectivity index (χ1v) is 8.85. The Kier molecular flexibility index (Phi) is 5.47. The van der Waals surface area contributed by atoms with Crippen molar-refractivity contribution in [3.63, 3.8) is 0 Å². The second-order valence-corrected chi connectivity index (χ2v) is 7.09. The molecular weight excluding hydrogens is 424 g/mol. The van der Waals surface area contributed by atoms with Crippen LogP contribution in [0.2, 0.25) is 0 Å². The predicted molar refractivity (Wildman–Crippen MR) is 95.8 cm³/mol. The molecule has 0 saturated heterocycles. The van der Waals surface area contributed by atoms with Gasteiger partial charge in [-0.1, -0.05) is 38.1 Å². The molecule has 1 aliphatic carbocycles. The zero-order valence-corrected chi connectivity index (χ0v) is 17.1. The van der Waals surface area contributed by atoms with Crippen LogP contribution in [-0.4, -0.2) is 21.9 Å². The van der Waals surface area contributed by atoms with E-state index in [-0.39, 0.29) is 58.2 Å². The van der Waals surface area contributed by atoms with Crippen LogP contribution in [0.1, 0.15) is 56.5 Å². The van der Waals surface area contributed by atoms with Gasteiger partial charge in [-0.15, -0.1) is 0 Å². The van der Waals surface area contributed by atoms with Gasteiger partial charge in [-0.05, 0) is 18.1 Å². The fourth-order valence-corrected chi connectivity index (χ4v) is 3.49. The summed E-state index contributed by atoms with van der Waals surface area (Å²) in [6, 6.07) is 10.0. The van der Waals surface area contributed by atoms with Gasteiger partial charge in [-0.25, -0.2) is 9.13 Å². The van der Waals surface area contributed by atoms with Gasteiger partial charge < -0.3 is 21.4 Å². The quantitative estimate of drug-likeness (QED) is 0.313. The molecule has 0 unspecified atom stereocenters. The smallest absolute Gasteiger partial charge is 0.245 e. The van der Waals surface area contributed by atoms with Crippen molar-refractivity contribution in [2.75, 3.05) is 0 Å². The normalized spacial score (nSPS) is 12.5. The second kappa shape index (κ2) is 7.67. The summed E-state index contributed by atoms with van der Waals surface area (Å²) in [5.74, 6) is -0.188. The molecule has 0 radical (unpaired) electrons. The van der Waals surface area contributed by atoms with Gasteiger partial charge in [0.15, 0.2) is 12.3 Å². The SMILES string of the molecule is CC(C)Cn1c[n+](CC(=O)c2ccco2)c2c1C(=O)c1ccccc1C2=O.[Br-]. The first-order valence-electron chi connectivity index (χ1n) is 8.85. The summed E-state index contributed by atoms with van der Waals surface area (Å²) < 4.78 is 8.52. The van der Waals surface area contributed by atoms with E-state index in [1.807, 2.05) is 13.8 Å². The van der Waals surface area contributed by atoms with Crippen LogP contribution in [0.25, 0.3) is 0 Å². The number of ketones is 3. The van der Waals surface area contributed by atoms with E-state index in [0.29, 0.717) is 23.4 Å². The van der Waals surface area contributed by atoms with Crippen LogP contribution in [0.4, 0.5) is 0 Å². The number of hydrogen-bond acceptors (Lipinski definition) is 4.